The van der Waals surface area contributed by atoms with E-state index in [1.807, 2.05) is 25.1 Å². The number of carbonyl (C=O) groups excluding carboxylic acids is 1. The van der Waals surface area contributed by atoms with Crippen LogP contribution < -0.4 is 14.8 Å². The summed E-state index contributed by atoms with van der Waals surface area (Å²) in [6.07, 6.45) is 0. The highest BCUT2D eigenvalue weighted by molar-refractivity contribution is 7.99. The van der Waals surface area contributed by atoms with Gasteiger partial charge in [-0.05, 0) is 17.9 Å². The number of benzene rings is 2. The number of rotatable bonds is 6. The van der Waals surface area contributed by atoms with Gasteiger partial charge in [0, 0.05) is 17.0 Å². The van der Waals surface area contributed by atoms with Crippen LogP contribution in [-0.2, 0) is 0 Å². The first-order valence-corrected chi connectivity index (χ1v) is 8.41. The van der Waals surface area contributed by atoms with Crippen molar-refractivity contribution in [3.8, 4) is 11.5 Å². The first-order valence-electron chi connectivity index (χ1n) is 7.05. The van der Waals surface area contributed by atoms with E-state index in [0.717, 1.165) is 10.6 Å². The van der Waals surface area contributed by atoms with Crippen LogP contribution in [0, 0.1) is 0 Å². The van der Waals surface area contributed by atoms with Gasteiger partial charge in [0.15, 0.2) is 0 Å². The van der Waals surface area contributed by atoms with E-state index in [4.69, 9.17) is 21.1 Å². The lowest BCUT2D eigenvalue weighted by molar-refractivity contribution is 0.102. The molecular formula is C17H18ClNO3S. The molecule has 0 fully saturated rings. The maximum Gasteiger partial charge on any atom is 0.256 e. The zero-order chi connectivity index (χ0) is 16.8. The number of anilines is 1. The molecule has 0 aliphatic heterocycles. The topological polar surface area (TPSA) is 47.6 Å². The van der Waals surface area contributed by atoms with Gasteiger partial charge in [-0.3, -0.25) is 4.79 Å². The average Bonchev–Trinajstić information content (AvgIpc) is 2.56. The molecule has 0 bridgehead atoms. The van der Waals surface area contributed by atoms with Crippen molar-refractivity contribution in [1.82, 2.24) is 0 Å². The van der Waals surface area contributed by atoms with Gasteiger partial charge in [-0.25, -0.2) is 0 Å². The number of amides is 1. The third-order valence-corrected chi connectivity index (χ3v) is 4.40. The molecule has 0 atom stereocenters. The molecule has 4 nitrogen and oxygen atoms in total. The number of thioether (sulfide) groups is 1. The van der Waals surface area contributed by atoms with E-state index >= 15 is 0 Å². The number of nitrogens with one attached hydrogen (secondary N) is 1. The molecule has 6 heteroatoms. The number of halogens is 1. The predicted molar refractivity (Wildman–Crippen MR) is 95.3 cm³/mol. The summed E-state index contributed by atoms with van der Waals surface area (Å²) in [5.41, 5.74) is 1.13. The molecule has 2 aromatic rings. The number of carbonyl (C=O) groups is 1. The minimum atomic E-state index is -0.204. The molecule has 2 rings (SSSR count). The van der Waals surface area contributed by atoms with Crippen LogP contribution in [0.1, 0.15) is 17.3 Å². The fourth-order valence-electron chi connectivity index (χ4n) is 2.08. The Hall–Kier alpha value is -1.85. The van der Waals surface area contributed by atoms with Crippen LogP contribution in [0.3, 0.4) is 0 Å². The fraction of sp³-hybridized carbons (Fsp3) is 0.235. The second-order valence-corrected chi connectivity index (χ2v) is 6.28. The van der Waals surface area contributed by atoms with Gasteiger partial charge in [0.2, 0.25) is 0 Å². The van der Waals surface area contributed by atoms with Crippen molar-refractivity contribution in [2.24, 2.45) is 0 Å². The molecule has 122 valence electrons. The molecule has 0 spiro atoms. The first-order chi connectivity index (χ1) is 11.1. The Bertz CT molecular complexity index is 706. The molecule has 0 unspecified atom stereocenters. The maximum atomic E-state index is 12.6. The van der Waals surface area contributed by atoms with E-state index < -0.39 is 0 Å². The summed E-state index contributed by atoms with van der Waals surface area (Å²) in [5.74, 6) is 1.63. The molecule has 0 aliphatic carbocycles. The summed E-state index contributed by atoms with van der Waals surface area (Å²) in [6.45, 7) is 2.05. The second-order valence-electron chi connectivity index (χ2n) is 4.57. The third kappa shape index (κ3) is 4.12. The van der Waals surface area contributed by atoms with Crippen LogP contribution >= 0.6 is 23.4 Å². The molecule has 0 heterocycles. The zero-order valence-corrected chi connectivity index (χ0v) is 14.8. The normalized spacial score (nSPS) is 10.3. The van der Waals surface area contributed by atoms with E-state index in [1.165, 1.54) is 14.2 Å². The Balaban J connectivity index is 2.33. The van der Waals surface area contributed by atoms with E-state index in [0.29, 0.717) is 27.8 Å². The van der Waals surface area contributed by atoms with Crippen molar-refractivity contribution in [2.45, 2.75) is 11.8 Å². The molecule has 0 saturated heterocycles. The van der Waals surface area contributed by atoms with E-state index in [2.05, 4.69) is 5.32 Å². The van der Waals surface area contributed by atoms with E-state index in [-0.39, 0.29) is 5.91 Å². The minimum absolute atomic E-state index is 0.204. The molecule has 1 N–H and O–H groups in total. The third-order valence-electron chi connectivity index (χ3n) is 3.15. The van der Waals surface area contributed by atoms with Gasteiger partial charge in [-0.1, -0.05) is 30.7 Å². The van der Waals surface area contributed by atoms with E-state index in [1.54, 1.807) is 30.0 Å². The van der Waals surface area contributed by atoms with Crippen molar-refractivity contribution in [3.63, 3.8) is 0 Å². The second kappa shape index (κ2) is 8.13. The largest absolute Gasteiger partial charge is 0.495 e. The fourth-order valence-corrected chi connectivity index (χ4v) is 3.12. The van der Waals surface area contributed by atoms with Crippen molar-refractivity contribution in [2.75, 3.05) is 25.3 Å². The molecule has 0 aromatic heterocycles. The van der Waals surface area contributed by atoms with Crippen LogP contribution in [0.5, 0.6) is 11.5 Å². The van der Waals surface area contributed by atoms with Crippen molar-refractivity contribution in [1.29, 1.82) is 0 Å². The van der Waals surface area contributed by atoms with Gasteiger partial charge in [0.1, 0.15) is 11.5 Å². The van der Waals surface area contributed by atoms with Crippen molar-refractivity contribution < 1.29 is 14.3 Å². The van der Waals surface area contributed by atoms with Gasteiger partial charge < -0.3 is 14.8 Å². The smallest absolute Gasteiger partial charge is 0.256 e. The number of ether oxygens (including phenoxy) is 2. The van der Waals surface area contributed by atoms with Crippen molar-refractivity contribution in [3.05, 3.63) is 47.0 Å². The number of hydrogen-bond acceptors (Lipinski definition) is 4. The Kier molecular flexibility index (Phi) is 6.19. The molecule has 0 aliphatic rings. The summed E-state index contributed by atoms with van der Waals surface area (Å²) < 4.78 is 10.5. The van der Waals surface area contributed by atoms with Crippen LogP contribution in [-0.4, -0.2) is 25.9 Å². The Morgan fingerprint density at radius 1 is 1.17 bits per heavy atom. The minimum Gasteiger partial charge on any atom is -0.495 e. The predicted octanol–water partition coefficient (Wildman–Crippen LogP) is 4.72. The standard InChI is InChI=1S/C17H18ClNO3S/c1-4-23-16-8-6-5-7-11(16)17(20)19-13-10-14(21-2)12(18)9-15(13)22-3/h5-10H,4H2,1-3H3,(H,19,20). The van der Waals surface area contributed by atoms with Gasteiger partial charge in [-0.2, -0.15) is 0 Å². The number of methoxy groups -OCH3 is 2. The summed E-state index contributed by atoms with van der Waals surface area (Å²) in [4.78, 5) is 13.5. The van der Waals surface area contributed by atoms with Gasteiger partial charge in [0.05, 0.1) is 30.5 Å². The van der Waals surface area contributed by atoms with Crippen LogP contribution in [0.15, 0.2) is 41.3 Å². The van der Waals surface area contributed by atoms with Crippen molar-refractivity contribution >= 4 is 35.0 Å². The maximum absolute atomic E-state index is 12.6. The highest BCUT2D eigenvalue weighted by Crippen LogP contribution is 2.36. The summed E-state index contributed by atoms with van der Waals surface area (Å²) in [6, 6.07) is 10.8. The zero-order valence-electron chi connectivity index (χ0n) is 13.2. The van der Waals surface area contributed by atoms with Crippen LogP contribution in [0.4, 0.5) is 5.69 Å². The average molecular weight is 352 g/mol. The highest BCUT2D eigenvalue weighted by atomic mass is 35.5. The summed E-state index contributed by atoms with van der Waals surface area (Å²) in [7, 11) is 3.04. The quantitative estimate of drug-likeness (QED) is 0.765. The molecule has 1 amide bonds. The van der Waals surface area contributed by atoms with Crippen LogP contribution in [0.2, 0.25) is 5.02 Å². The molecule has 0 radical (unpaired) electrons. The van der Waals surface area contributed by atoms with E-state index in [9.17, 15) is 4.79 Å². The molecule has 2 aromatic carbocycles. The molecular weight excluding hydrogens is 334 g/mol. The summed E-state index contributed by atoms with van der Waals surface area (Å²) >= 11 is 7.70. The lowest BCUT2D eigenvalue weighted by atomic mass is 10.2. The number of hydrogen-bond donors (Lipinski definition) is 1. The van der Waals surface area contributed by atoms with Crippen LogP contribution in [0.25, 0.3) is 0 Å². The first kappa shape index (κ1) is 17.5. The lowest BCUT2D eigenvalue weighted by Gasteiger charge is -2.14. The highest BCUT2D eigenvalue weighted by Gasteiger charge is 2.15. The Labute approximate surface area is 145 Å². The molecule has 0 saturated carbocycles. The van der Waals surface area contributed by atoms with Gasteiger partial charge >= 0.3 is 0 Å². The SMILES string of the molecule is CCSc1ccccc1C(=O)Nc1cc(OC)c(Cl)cc1OC. The van der Waals surface area contributed by atoms with Gasteiger partial charge in [0.25, 0.3) is 5.91 Å². The molecule has 23 heavy (non-hydrogen) atoms. The lowest BCUT2D eigenvalue weighted by Crippen LogP contribution is -2.14. The Morgan fingerprint density at radius 2 is 1.87 bits per heavy atom. The monoisotopic (exact) mass is 351 g/mol. The Morgan fingerprint density at radius 3 is 2.52 bits per heavy atom. The summed E-state index contributed by atoms with van der Waals surface area (Å²) in [5, 5.41) is 3.28. The van der Waals surface area contributed by atoms with Gasteiger partial charge in [-0.15, -0.1) is 11.8 Å².